The van der Waals surface area contributed by atoms with E-state index in [1.807, 2.05) is 6.92 Å². The van der Waals surface area contributed by atoms with E-state index in [1.165, 1.54) is 18.2 Å². The van der Waals surface area contributed by atoms with Gasteiger partial charge in [-0.25, -0.2) is 9.37 Å². The molecule has 2 aliphatic heterocycles. The van der Waals surface area contributed by atoms with Crippen LogP contribution in [0.15, 0.2) is 24.3 Å². The molecule has 0 spiro atoms. The lowest BCUT2D eigenvalue weighted by molar-refractivity contribution is -0.140. The van der Waals surface area contributed by atoms with E-state index in [0.717, 1.165) is 12.5 Å². The maximum Gasteiger partial charge on any atom is 0.434 e. The summed E-state index contributed by atoms with van der Waals surface area (Å²) < 4.78 is 56.5. The third-order valence-electron chi connectivity index (χ3n) is 6.92. The van der Waals surface area contributed by atoms with Gasteiger partial charge in [-0.15, -0.1) is 0 Å². The molecule has 1 aromatic carbocycles. The van der Waals surface area contributed by atoms with E-state index in [4.69, 9.17) is 5.11 Å². The molecular formula is C22H22F4N4O2. The molecule has 3 fully saturated rings. The fourth-order valence-corrected chi connectivity index (χ4v) is 5.05. The molecule has 3 heterocycles. The van der Waals surface area contributed by atoms with Gasteiger partial charge in [-0.2, -0.15) is 18.2 Å². The summed E-state index contributed by atoms with van der Waals surface area (Å²) in [6.07, 6.45) is -3.85. The van der Waals surface area contributed by atoms with Crippen molar-refractivity contribution in [2.45, 2.75) is 32.0 Å². The van der Waals surface area contributed by atoms with E-state index >= 15 is 0 Å². The summed E-state index contributed by atoms with van der Waals surface area (Å²) in [7, 11) is 0. The number of aliphatic carboxylic acids is 1. The molecule has 6 nitrogen and oxygen atoms in total. The normalized spacial score (nSPS) is 26.7. The lowest BCUT2D eigenvalue weighted by Gasteiger charge is -2.39. The van der Waals surface area contributed by atoms with Crippen LogP contribution < -0.4 is 9.80 Å². The number of carboxylic acids is 1. The van der Waals surface area contributed by atoms with Gasteiger partial charge in [0.1, 0.15) is 11.6 Å². The summed E-state index contributed by atoms with van der Waals surface area (Å²) in [6.45, 7) is 3.33. The van der Waals surface area contributed by atoms with Gasteiger partial charge in [0.25, 0.3) is 0 Å². The molecule has 1 aliphatic carbocycles. The highest BCUT2D eigenvalue weighted by molar-refractivity contribution is 5.80. The van der Waals surface area contributed by atoms with Crippen LogP contribution in [-0.2, 0) is 11.0 Å². The Labute approximate surface area is 181 Å². The minimum Gasteiger partial charge on any atom is -0.481 e. The van der Waals surface area contributed by atoms with E-state index in [9.17, 15) is 22.4 Å². The molecule has 0 radical (unpaired) electrons. The molecule has 10 heteroatoms. The van der Waals surface area contributed by atoms with Crippen LogP contribution in [0.5, 0.6) is 0 Å². The number of hydrogen-bond acceptors (Lipinski definition) is 5. The maximum atomic E-state index is 14.2. The van der Waals surface area contributed by atoms with E-state index in [0.29, 0.717) is 19.6 Å². The molecule has 4 atom stereocenters. The number of rotatable bonds is 5. The number of nitrogens with zero attached hydrogens (tertiary/aromatic N) is 4. The zero-order valence-corrected chi connectivity index (χ0v) is 17.3. The van der Waals surface area contributed by atoms with Crippen LogP contribution in [0.3, 0.4) is 0 Å². The summed E-state index contributed by atoms with van der Waals surface area (Å²) in [5.74, 6) is -1.09. The van der Waals surface area contributed by atoms with Crippen molar-refractivity contribution in [3.63, 3.8) is 0 Å². The molecule has 1 unspecified atom stereocenters. The number of alkyl halides is 3. The number of benzene rings is 1. The van der Waals surface area contributed by atoms with Gasteiger partial charge >= 0.3 is 12.1 Å². The summed E-state index contributed by atoms with van der Waals surface area (Å²) in [5, 5.41) is 9.06. The van der Waals surface area contributed by atoms with Gasteiger partial charge < -0.3 is 14.9 Å². The van der Waals surface area contributed by atoms with Crippen LogP contribution in [0.25, 0.3) is 11.1 Å². The molecule has 2 aromatic rings. The number of hydrogen-bond donors (Lipinski definition) is 1. The molecule has 32 heavy (non-hydrogen) atoms. The Morgan fingerprint density at radius 3 is 2.47 bits per heavy atom. The van der Waals surface area contributed by atoms with Crippen LogP contribution in [0.1, 0.15) is 25.5 Å². The second-order valence-electron chi connectivity index (χ2n) is 8.90. The van der Waals surface area contributed by atoms with Crippen molar-refractivity contribution in [3.8, 4) is 11.1 Å². The summed E-state index contributed by atoms with van der Waals surface area (Å²) in [4.78, 5) is 23.0. The number of carbonyl (C=O) groups is 1. The Morgan fingerprint density at radius 1 is 1.22 bits per heavy atom. The second-order valence-corrected chi connectivity index (χ2v) is 8.90. The SMILES string of the molecule is C[C@H]1CCN1c1nc(N2C[C@@H]3C(CC(=O)O)[C@@H]3C2)c(-c2cccc(F)c2)c(C(F)(F)F)n1. The third kappa shape index (κ3) is 3.55. The van der Waals surface area contributed by atoms with Crippen molar-refractivity contribution < 1.29 is 27.5 Å². The molecule has 1 aromatic heterocycles. The van der Waals surface area contributed by atoms with Gasteiger partial charge in [-0.3, -0.25) is 4.79 Å². The number of anilines is 2. The Balaban J connectivity index is 1.60. The Bertz CT molecular complexity index is 1060. The van der Waals surface area contributed by atoms with Crippen molar-refractivity contribution in [1.82, 2.24) is 9.97 Å². The molecular weight excluding hydrogens is 428 g/mol. The zero-order valence-electron chi connectivity index (χ0n) is 17.3. The van der Waals surface area contributed by atoms with Crippen LogP contribution in [0.2, 0.25) is 0 Å². The van der Waals surface area contributed by atoms with Crippen molar-refractivity contribution in [3.05, 3.63) is 35.8 Å². The Morgan fingerprint density at radius 2 is 1.94 bits per heavy atom. The number of fused-ring (bicyclic) bond motifs is 1. The van der Waals surface area contributed by atoms with Gasteiger partial charge in [-0.1, -0.05) is 12.1 Å². The van der Waals surface area contributed by atoms with Gasteiger partial charge in [0.05, 0.1) is 5.56 Å². The van der Waals surface area contributed by atoms with Crippen LogP contribution in [-0.4, -0.2) is 46.7 Å². The highest BCUT2D eigenvalue weighted by atomic mass is 19.4. The van der Waals surface area contributed by atoms with E-state index in [2.05, 4.69) is 9.97 Å². The number of aromatic nitrogens is 2. The first-order chi connectivity index (χ1) is 15.1. The summed E-state index contributed by atoms with van der Waals surface area (Å²) >= 11 is 0. The smallest absolute Gasteiger partial charge is 0.434 e. The predicted molar refractivity (Wildman–Crippen MR) is 109 cm³/mol. The van der Waals surface area contributed by atoms with E-state index in [1.54, 1.807) is 9.80 Å². The minimum atomic E-state index is -4.75. The highest BCUT2D eigenvalue weighted by Crippen LogP contribution is 2.55. The number of carboxylic acid groups (broad SMARTS) is 1. The van der Waals surface area contributed by atoms with Crippen LogP contribution >= 0.6 is 0 Å². The molecule has 1 saturated carbocycles. The predicted octanol–water partition coefficient (Wildman–Crippen LogP) is 4.06. The van der Waals surface area contributed by atoms with E-state index < -0.39 is 23.7 Å². The van der Waals surface area contributed by atoms with Crippen molar-refractivity contribution in [2.75, 3.05) is 29.4 Å². The van der Waals surface area contributed by atoms with Crippen molar-refractivity contribution in [1.29, 1.82) is 0 Å². The monoisotopic (exact) mass is 450 g/mol. The molecule has 170 valence electrons. The first-order valence-corrected chi connectivity index (χ1v) is 10.6. The largest absolute Gasteiger partial charge is 0.481 e. The zero-order chi connectivity index (χ0) is 22.8. The fourth-order valence-electron chi connectivity index (χ4n) is 5.05. The topological polar surface area (TPSA) is 69.6 Å². The van der Waals surface area contributed by atoms with Gasteiger partial charge in [0.2, 0.25) is 5.95 Å². The molecule has 3 aliphatic rings. The van der Waals surface area contributed by atoms with Gasteiger partial charge in [0.15, 0.2) is 5.69 Å². The number of piperidine rings is 1. The summed E-state index contributed by atoms with van der Waals surface area (Å²) in [6, 6.07) is 5.07. The average Bonchev–Trinajstić information content (AvgIpc) is 3.13. The third-order valence-corrected chi connectivity index (χ3v) is 6.92. The Kier molecular flexibility index (Phi) is 4.79. The van der Waals surface area contributed by atoms with Gasteiger partial charge in [-0.05, 0) is 48.8 Å². The lowest BCUT2D eigenvalue weighted by atomic mass is 10.0. The first kappa shape index (κ1) is 21.0. The Hall–Kier alpha value is -2.91. The fraction of sp³-hybridized carbons (Fsp3) is 0.500. The first-order valence-electron chi connectivity index (χ1n) is 10.6. The van der Waals surface area contributed by atoms with Crippen LogP contribution in [0, 0.1) is 23.6 Å². The quantitative estimate of drug-likeness (QED) is 0.693. The highest BCUT2D eigenvalue weighted by Gasteiger charge is 2.57. The lowest BCUT2D eigenvalue weighted by Crippen LogP contribution is -2.47. The molecule has 5 rings (SSSR count). The molecule has 0 amide bonds. The number of halogens is 4. The second kappa shape index (κ2) is 7.31. The van der Waals surface area contributed by atoms with Gasteiger partial charge in [0, 0.05) is 32.1 Å². The maximum absolute atomic E-state index is 14.2. The molecule has 2 saturated heterocycles. The summed E-state index contributed by atoms with van der Waals surface area (Å²) in [5.41, 5.74) is -1.24. The van der Waals surface area contributed by atoms with Crippen molar-refractivity contribution in [2.24, 2.45) is 17.8 Å². The van der Waals surface area contributed by atoms with Crippen LogP contribution in [0.4, 0.5) is 29.3 Å². The standard InChI is InChI=1S/C22H22F4N4O2/c1-11-5-6-30(11)21-27-19(22(24,25)26)18(12-3-2-4-13(23)7-12)20(28-21)29-9-15-14(8-17(31)32)16(15)10-29/h2-4,7,11,14-16H,5-6,8-10H2,1H3,(H,31,32)/t11-,14?,15-,16+/m0/s1. The molecule has 0 bridgehead atoms. The average molecular weight is 450 g/mol. The van der Waals surface area contributed by atoms with E-state index in [-0.39, 0.29) is 53.1 Å². The minimum absolute atomic E-state index is 0.0221. The molecule has 1 N–H and O–H groups in total. The van der Waals surface area contributed by atoms with Crippen molar-refractivity contribution >= 4 is 17.7 Å².